The molecule has 2 heterocycles. The van der Waals surface area contributed by atoms with Crippen LogP contribution in [0.2, 0.25) is 0 Å². The van der Waals surface area contributed by atoms with Crippen molar-refractivity contribution in [2.45, 2.75) is 6.92 Å². The lowest BCUT2D eigenvalue weighted by molar-refractivity contribution is 0.102. The molecular formula is C17H14N2O4. The molecule has 0 spiro atoms. The maximum absolute atomic E-state index is 12.5. The van der Waals surface area contributed by atoms with Crippen molar-refractivity contribution in [3.05, 3.63) is 64.1 Å². The van der Waals surface area contributed by atoms with Crippen LogP contribution in [0.1, 0.15) is 15.9 Å². The molecule has 0 radical (unpaired) electrons. The topological polar surface area (TPSA) is 81.4 Å². The van der Waals surface area contributed by atoms with Crippen LogP contribution < -0.4 is 15.7 Å². The minimum Gasteiger partial charge on any atom is -0.497 e. The number of carbonyl (C=O) groups is 1. The molecule has 2 aromatic heterocycles. The van der Waals surface area contributed by atoms with Crippen molar-refractivity contribution in [3.8, 4) is 5.75 Å². The summed E-state index contributed by atoms with van der Waals surface area (Å²) in [6, 6.07) is 9.74. The average molecular weight is 310 g/mol. The number of methoxy groups -OCH3 is 1. The SMILES string of the molecule is COc1ccc2c(C(=O)Nc3ncccc3C)cc(=O)oc2c1. The molecule has 6 heteroatoms. The van der Waals surface area contributed by atoms with Crippen molar-refractivity contribution in [1.29, 1.82) is 0 Å². The minimum absolute atomic E-state index is 0.226. The second-order valence-corrected chi connectivity index (χ2v) is 4.96. The third-order valence-corrected chi connectivity index (χ3v) is 3.44. The van der Waals surface area contributed by atoms with Gasteiger partial charge in [-0.1, -0.05) is 6.07 Å². The van der Waals surface area contributed by atoms with Gasteiger partial charge in [-0.05, 0) is 30.7 Å². The van der Waals surface area contributed by atoms with Crippen LogP contribution in [-0.2, 0) is 0 Å². The number of hydrogen-bond acceptors (Lipinski definition) is 5. The van der Waals surface area contributed by atoms with E-state index < -0.39 is 11.5 Å². The van der Waals surface area contributed by atoms with Crippen molar-refractivity contribution in [2.75, 3.05) is 12.4 Å². The fourth-order valence-electron chi connectivity index (χ4n) is 2.25. The molecule has 0 saturated heterocycles. The Labute approximate surface area is 131 Å². The first-order chi connectivity index (χ1) is 11.1. The zero-order valence-electron chi connectivity index (χ0n) is 12.6. The van der Waals surface area contributed by atoms with Crippen LogP contribution in [0.25, 0.3) is 11.0 Å². The normalized spacial score (nSPS) is 10.5. The maximum atomic E-state index is 12.5. The second-order valence-electron chi connectivity index (χ2n) is 4.96. The number of fused-ring (bicyclic) bond motifs is 1. The number of aryl methyl sites for hydroxylation is 1. The number of pyridine rings is 1. The third-order valence-electron chi connectivity index (χ3n) is 3.44. The smallest absolute Gasteiger partial charge is 0.337 e. The molecule has 0 aliphatic heterocycles. The Morgan fingerprint density at radius 3 is 2.83 bits per heavy atom. The van der Waals surface area contributed by atoms with Gasteiger partial charge < -0.3 is 14.5 Å². The Morgan fingerprint density at radius 2 is 2.09 bits per heavy atom. The molecule has 0 fully saturated rings. The Hall–Kier alpha value is -3.15. The molecule has 116 valence electrons. The summed E-state index contributed by atoms with van der Waals surface area (Å²) in [6.45, 7) is 1.84. The zero-order valence-corrected chi connectivity index (χ0v) is 12.6. The van der Waals surface area contributed by atoms with Gasteiger partial charge in [-0.25, -0.2) is 9.78 Å². The van der Waals surface area contributed by atoms with Gasteiger partial charge in [-0.2, -0.15) is 0 Å². The van der Waals surface area contributed by atoms with Gasteiger partial charge in [0.25, 0.3) is 5.91 Å². The van der Waals surface area contributed by atoms with Gasteiger partial charge in [0, 0.05) is 23.7 Å². The number of amides is 1. The highest BCUT2D eigenvalue weighted by Crippen LogP contribution is 2.23. The molecule has 1 amide bonds. The first-order valence-electron chi connectivity index (χ1n) is 6.93. The fourth-order valence-corrected chi connectivity index (χ4v) is 2.25. The average Bonchev–Trinajstić information content (AvgIpc) is 2.55. The predicted octanol–water partition coefficient (Wildman–Crippen LogP) is 2.76. The molecule has 1 aromatic carbocycles. The number of ether oxygens (including phenoxy) is 1. The van der Waals surface area contributed by atoms with Gasteiger partial charge in [0.1, 0.15) is 17.2 Å². The molecule has 23 heavy (non-hydrogen) atoms. The molecule has 0 saturated carbocycles. The van der Waals surface area contributed by atoms with Crippen molar-refractivity contribution in [1.82, 2.24) is 4.98 Å². The van der Waals surface area contributed by atoms with Crippen LogP contribution in [0.3, 0.4) is 0 Å². The van der Waals surface area contributed by atoms with E-state index in [1.807, 2.05) is 13.0 Å². The van der Waals surface area contributed by atoms with Crippen LogP contribution in [0.4, 0.5) is 5.82 Å². The summed E-state index contributed by atoms with van der Waals surface area (Å²) in [4.78, 5) is 28.4. The van der Waals surface area contributed by atoms with E-state index in [-0.39, 0.29) is 5.56 Å². The zero-order chi connectivity index (χ0) is 16.4. The van der Waals surface area contributed by atoms with Gasteiger partial charge in [-0.3, -0.25) is 4.79 Å². The standard InChI is InChI=1S/C17H14N2O4/c1-10-4-3-7-18-16(10)19-17(21)13-9-15(20)23-14-8-11(22-2)5-6-12(13)14/h3-9H,1-2H3,(H,18,19,21). The van der Waals surface area contributed by atoms with E-state index in [2.05, 4.69) is 10.3 Å². The summed E-state index contributed by atoms with van der Waals surface area (Å²) in [6.07, 6.45) is 1.59. The molecule has 0 bridgehead atoms. The van der Waals surface area contributed by atoms with Crippen LogP contribution in [0.15, 0.2) is 51.8 Å². The molecule has 6 nitrogen and oxygen atoms in total. The lowest BCUT2D eigenvalue weighted by Crippen LogP contribution is -2.16. The number of anilines is 1. The molecule has 3 aromatic rings. The van der Waals surface area contributed by atoms with Crippen LogP contribution in [0, 0.1) is 6.92 Å². The van der Waals surface area contributed by atoms with E-state index in [1.165, 1.54) is 13.2 Å². The fraction of sp³-hybridized carbons (Fsp3) is 0.118. The summed E-state index contributed by atoms with van der Waals surface area (Å²) in [5, 5.41) is 3.24. The Morgan fingerprint density at radius 1 is 1.26 bits per heavy atom. The minimum atomic E-state index is -0.603. The number of benzene rings is 1. The molecule has 0 aliphatic rings. The third kappa shape index (κ3) is 2.91. The van der Waals surface area contributed by atoms with Crippen LogP contribution >= 0.6 is 0 Å². The number of rotatable bonds is 3. The molecule has 0 unspecified atom stereocenters. The van der Waals surface area contributed by atoms with E-state index in [4.69, 9.17) is 9.15 Å². The predicted molar refractivity (Wildman–Crippen MR) is 86.0 cm³/mol. The van der Waals surface area contributed by atoms with Crippen molar-refractivity contribution < 1.29 is 13.9 Å². The van der Waals surface area contributed by atoms with Gasteiger partial charge in [0.15, 0.2) is 0 Å². The van der Waals surface area contributed by atoms with Gasteiger partial charge >= 0.3 is 5.63 Å². The molecular weight excluding hydrogens is 296 g/mol. The Bertz CT molecular complexity index is 947. The summed E-state index contributed by atoms with van der Waals surface area (Å²) in [5.74, 6) is 0.570. The van der Waals surface area contributed by atoms with Crippen LogP contribution in [-0.4, -0.2) is 18.0 Å². The van der Waals surface area contributed by atoms with E-state index >= 15 is 0 Å². The van der Waals surface area contributed by atoms with Gasteiger partial charge in [0.2, 0.25) is 0 Å². The Balaban J connectivity index is 2.07. The number of aromatic nitrogens is 1. The van der Waals surface area contributed by atoms with Crippen molar-refractivity contribution in [2.24, 2.45) is 0 Å². The maximum Gasteiger partial charge on any atom is 0.337 e. The summed E-state index contributed by atoms with van der Waals surface area (Å²) in [5.41, 5.74) is 0.743. The van der Waals surface area contributed by atoms with Crippen molar-refractivity contribution >= 4 is 22.7 Å². The van der Waals surface area contributed by atoms with Crippen molar-refractivity contribution in [3.63, 3.8) is 0 Å². The quantitative estimate of drug-likeness (QED) is 0.752. The summed E-state index contributed by atoms with van der Waals surface area (Å²) < 4.78 is 10.2. The Kier molecular flexibility index (Phi) is 3.80. The lowest BCUT2D eigenvalue weighted by Gasteiger charge is -2.09. The molecule has 1 N–H and O–H groups in total. The lowest BCUT2D eigenvalue weighted by atomic mass is 10.1. The van der Waals surface area contributed by atoms with Gasteiger partial charge in [0.05, 0.1) is 12.7 Å². The monoisotopic (exact) mass is 310 g/mol. The van der Waals surface area contributed by atoms with Crippen LogP contribution in [0.5, 0.6) is 5.75 Å². The van der Waals surface area contributed by atoms with E-state index in [9.17, 15) is 9.59 Å². The van der Waals surface area contributed by atoms with E-state index in [0.717, 1.165) is 5.56 Å². The summed E-state index contributed by atoms with van der Waals surface area (Å²) in [7, 11) is 1.51. The largest absolute Gasteiger partial charge is 0.497 e. The van der Waals surface area contributed by atoms with E-state index in [0.29, 0.717) is 22.5 Å². The number of carbonyl (C=O) groups excluding carboxylic acids is 1. The summed E-state index contributed by atoms with van der Waals surface area (Å²) >= 11 is 0. The molecule has 0 atom stereocenters. The second kappa shape index (κ2) is 5.92. The molecule has 3 rings (SSSR count). The number of nitrogens with zero attached hydrogens (tertiary/aromatic N) is 1. The number of hydrogen-bond donors (Lipinski definition) is 1. The highest BCUT2D eigenvalue weighted by Gasteiger charge is 2.15. The highest BCUT2D eigenvalue weighted by molar-refractivity contribution is 6.11. The highest BCUT2D eigenvalue weighted by atomic mass is 16.5. The molecule has 0 aliphatic carbocycles. The first kappa shape index (κ1) is 14.8. The van der Waals surface area contributed by atoms with Gasteiger partial charge in [-0.15, -0.1) is 0 Å². The van der Waals surface area contributed by atoms with E-state index in [1.54, 1.807) is 30.5 Å². The number of nitrogens with one attached hydrogen (secondary N) is 1. The first-order valence-corrected chi connectivity index (χ1v) is 6.93.